The first kappa shape index (κ1) is 28.1. The molecule has 1 saturated carbocycles. The summed E-state index contributed by atoms with van der Waals surface area (Å²) in [4.78, 5) is 30.6. The van der Waals surface area contributed by atoms with Crippen LogP contribution in [0.5, 0.6) is 11.5 Å². The zero-order chi connectivity index (χ0) is 29.1. The minimum absolute atomic E-state index is 0.0718. The number of fused-ring (bicyclic) bond motifs is 1. The molecule has 8 heteroatoms. The van der Waals surface area contributed by atoms with E-state index in [4.69, 9.17) is 15.2 Å². The van der Waals surface area contributed by atoms with Crippen LogP contribution >= 0.6 is 0 Å². The van der Waals surface area contributed by atoms with Gasteiger partial charge in [-0.05, 0) is 97.7 Å². The molecular formula is C34H40N4O4. The standard InChI is InChI=1S/C34H40N4O4/c1-23-12-16-37(17-13-23)30-10-8-27(19-29(30)36-33(39)25-6-7-25)26-5-2-4-24(18-26)21-38(15-3-14-35)34(40)28-9-11-31-32(20-28)42-22-41-31/h2,4-5,8-11,18-20,23,25H,3,6-7,12-17,21-22,35H2,1H3,(H,36,39). The third-order valence-corrected chi connectivity index (χ3v) is 8.50. The monoisotopic (exact) mass is 568 g/mol. The number of nitrogens with zero attached hydrogens (tertiary/aromatic N) is 2. The van der Waals surface area contributed by atoms with Gasteiger partial charge in [-0.15, -0.1) is 0 Å². The zero-order valence-corrected chi connectivity index (χ0v) is 24.3. The molecule has 8 nitrogen and oxygen atoms in total. The number of rotatable bonds is 10. The van der Waals surface area contributed by atoms with Crippen LogP contribution in [0.4, 0.5) is 11.4 Å². The molecule has 3 aromatic rings. The molecule has 2 amide bonds. The molecule has 1 saturated heterocycles. The molecule has 1 aliphatic carbocycles. The van der Waals surface area contributed by atoms with E-state index in [2.05, 4.69) is 47.5 Å². The lowest BCUT2D eigenvalue weighted by Crippen LogP contribution is -2.33. The SMILES string of the molecule is CC1CCN(c2ccc(-c3cccc(CN(CCCN)C(=O)c4ccc5c(c4)OCO5)c3)cc2NC(=O)C2CC2)CC1. The zero-order valence-electron chi connectivity index (χ0n) is 24.3. The highest BCUT2D eigenvalue weighted by atomic mass is 16.7. The van der Waals surface area contributed by atoms with Crippen molar-refractivity contribution in [3.05, 3.63) is 71.8 Å². The molecule has 2 heterocycles. The lowest BCUT2D eigenvalue weighted by Gasteiger charge is -2.33. The van der Waals surface area contributed by atoms with Crippen LogP contribution < -0.4 is 25.4 Å². The first-order valence-corrected chi connectivity index (χ1v) is 15.2. The number of hydrogen-bond donors (Lipinski definition) is 2. The molecule has 42 heavy (non-hydrogen) atoms. The van der Waals surface area contributed by atoms with Gasteiger partial charge in [-0.3, -0.25) is 9.59 Å². The van der Waals surface area contributed by atoms with Gasteiger partial charge in [0.05, 0.1) is 11.4 Å². The van der Waals surface area contributed by atoms with Crippen LogP contribution in [0.2, 0.25) is 0 Å². The van der Waals surface area contributed by atoms with Crippen molar-refractivity contribution < 1.29 is 19.1 Å². The fourth-order valence-electron chi connectivity index (χ4n) is 5.74. The third kappa shape index (κ3) is 6.39. The first-order chi connectivity index (χ1) is 20.5. The highest BCUT2D eigenvalue weighted by Gasteiger charge is 2.30. The van der Waals surface area contributed by atoms with Gasteiger partial charge in [-0.25, -0.2) is 0 Å². The van der Waals surface area contributed by atoms with E-state index < -0.39 is 0 Å². The summed E-state index contributed by atoms with van der Waals surface area (Å²) in [6.45, 7) is 5.98. The quantitative estimate of drug-likeness (QED) is 0.328. The summed E-state index contributed by atoms with van der Waals surface area (Å²) in [5.41, 5.74) is 11.5. The van der Waals surface area contributed by atoms with E-state index in [-0.39, 0.29) is 24.5 Å². The van der Waals surface area contributed by atoms with Crippen molar-refractivity contribution >= 4 is 23.2 Å². The summed E-state index contributed by atoms with van der Waals surface area (Å²) in [7, 11) is 0. The summed E-state index contributed by atoms with van der Waals surface area (Å²) < 4.78 is 10.9. The van der Waals surface area contributed by atoms with Gasteiger partial charge >= 0.3 is 0 Å². The maximum absolute atomic E-state index is 13.6. The Morgan fingerprint density at radius 1 is 0.952 bits per heavy atom. The topological polar surface area (TPSA) is 97.1 Å². The van der Waals surface area contributed by atoms with Gasteiger partial charge in [0.2, 0.25) is 12.7 Å². The highest BCUT2D eigenvalue weighted by Crippen LogP contribution is 2.37. The minimum Gasteiger partial charge on any atom is -0.454 e. The predicted molar refractivity (Wildman–Crippen MR) is 165 cm³/mol. The van der Waals surface area contributed by atoms with Crippen LogP contribution in [0.1, 0.15) is 54.9 Å². The Hall–Kier alpha value is -4.04. The Labute approximate surface area is 247 Å². The molecule has 0 bridgehead atoms. The Kier molecular flexibility index (Phi) is 8.33. The van der Waals surface area contributed by atoms with Crippen LogP contribution in [0.25, 0.3) is 11.1 Å². The lowest BCUT2D eigenvalue weighted by molar-refractivity contribution is -0.117. The van der Waals surface area contributed by atoms with E-state index >= 15 is 0 Å². The van der Waals surface area contributed by atoms with Gasteiger partial charge in [0, 0.05) is 37.7 Å². The number of piperidine rings is 1. The number of nitrogens with one attached hydrogen (secondary N) is 1. The highest BCUT2D eigenvalue weighted by molar-refractivity contribution is 5.98. The number of nitrogens with two attached hydrogens (primary N) is 1. The largest absolute Gasteiger partial charge is 0.454 e. The molecule has 3 aromatic carbocycles. The molecule has 0 unspecified atom stereocenters. The van der Waals surface area contributed by atoms with Gasteiger partial charge in [0.15, 0.2) is 11.5 Å². The second-order valence-electron chi connectivity index (χ2n) is 11.8. The van der Waals surface area contributed by atoms with Gasteiger partial charge in [0.1, 0.15) is 0 Å². The average molecular weight is 569 g/mol. The van der Waals surface area contributed by atoms with Crippen molar-refractivity contribution in [2.75, 3.05) is 43.2 Å². The Morgan fingerprint density at radius 3 is 2.52 bits per heavy atom. The summed E-state index contributed by atoms with van der Waals surface area (Å²) in [6, 6.07) is 20.0. The van der Waals surface area contributed by atoms with E-state index in [1.807, 2.05) is 17.0 Å². The average Bonchev–Trinajstić information content (AvgIpc) is 3.76. The second-order valence-corrected chi connectivity index (χ2v) is 11.8. The van der Waals surface area contributed by atoms with E-state index in [1.165, 1.54) is 0 Å². The van der Waals surface area contributed by atoms with E-state index in [0.717, 1.165) is 72.8 Å². The Balaban J connectivity index is 1.24. The number of ether oxygens (including phenoxy) is 2. The van der Waals surface area contributed by atoms with Gasteiger partial charge < -0.3 is 30.3 Å². The number of carbonyl (C=O) groups is 2. The summed E-state index contributed by atoms with van der Waals surface area (Å²) >= 11 is 0. The first-order valence-electron chi connectivity index (χ1n) is 15.2. The number of amides is 2. The molecule has 6 rings (SSSR count). The van der Waals surface area contributed by atoms with Crippen molar-refractivity contribution in [3.63, 3.8) is 0 Å². The summed E-state index contributed by atoms with van der Waals surface area (Å²) in [5, 5.41) is 3.25. The number of anilines is 2. The van der Waals surface area contributed by atoms with Crippen LogP contribution in [0.15, 0.2) is 60.7 Å². The van der Waals surface area contributed by atoms with E-state index in [1.54, 1.807) is 18.2 Å². The van der Waals surface area contributed by atoms with Gasteiger partial charge in [-0.1, -0.05) is 31.2 Å². The van der Waals surface area contributed by atoms with Crippen molar-refractivity contribution in [2.24, 2.45) is 17.6 Å². The smallest absolute Gasteiger partial charge is 0.254 e. The van der Waals surface area contributed by atoms with Crippen molar-refractivity contribution in [1.82, 2.24) is 4.90 Å². The maximum atomic E-state index is 13.6. The van der Waals surface area contributed by atoms with Crippen molar-refractivity contribution in [2.45, 2.75) is 45.6 Å². The normalized spacial score (nSPS) is 16.4. The number of hydrogen-bond acceptors (Lipinski definition) is 6. The molecule has 0 spiro atoms. The predicted octanol–water partition coefficient (Wildman–Crippen LogP) is 5.66. The lowest BCUT2D eigenvalue weighted by atomic mass is 9.97. The summed E-state index contributed by atoms with van der Waals surface area (Å²) in [5.74, 6) is 2.15. The Morgan fingerprint density at radius 2 is 1.74 bits per heavy atom. The Bertz CT molecular complexity index is 1450. The molecule has 0 aromatic heterocycles. The van der Waals surface area contributed by atoms with Crippen LogP contribution in [0, 0.1) is 11.8 Å². The van der Waals surface area contributed by atoms with E-state index in [9.17, 15) is 9.59 Å². The molecule has 3 aliphatic rings. The maximum Gasteiger partial charge on any atom is 0.254 e. The molecule has 2 aliphatic heterocycles. The molecule has 2 fully saturated rings. The second kappa shape index (κ2) is 12.4. The molecule has 220 valence electrons. The number of benzene rings is 3. The minimum atomic E-state index is -0.0718. The number of carbonyl (C=O) groups excluding carboxylic acids is 2. The van der Waals surface area contributed by atoms with Crippen LogP contribution in [0.3, 0.4) is 0 Å². The third-order valence-electron chi connectivity index (χ3n) is 8.50. The fraction of sp³-hybridized carbons (Fsp3) is 0.412. The van der Waals surface area contributed by atoms with Crippen LogP contribution in [-0.2, 0) is 11.3 Å². The van der Waals surface area contributed by atoms with Gasteiger partial charge in [-0.2, -0.15) is 0 Å². The molecule has 0 radical (unpaired) electrons. The van der Waals surface area contributed by atoms with Crippen molar-refractivity contribution in [1.29, 1.82) is 0 Å². The van der Waals surface area contributed by atoms with Crippen LogP contribution in [-0.4, -0.2) is 49.7 Å². The van der Waals surface area contributed by atoms with E-state index in [0.29, 0.717) is 43.1 Å². The fourth-order valence-corrected chi connectivity index (χ4v) is 5.74. The molecule has 3 N–H and O–H groups in total. The van der Waals surface area contributed by atoms with Crippen molar-refractivity contribution in [3.8, 4) is 22.6 Å². The summed E-state index contributed by atoms with van der Waals surface area (Å²) in [6.07, 6.45) is 4.96. The van der Waals surface area contributed by atoms with Gasteiger partial charge in [0.25, 0.3) is 5.91 Å². The molecular weight excluding hydrogens is 528 g/mol. The molecule has 0 atom stereocenters.